The Bertz CT molecular complexity index is 607. The molecule has 0 saturated heterocycles. The third kappa shape index (κ3) is 2.21. The number of methoxy groups -OCH3 is 1. The molecule has 96 valence electrons. The molecule has 0 unspecified atom stereocenters. The molecule has 0 amide bonds. The Morgan fingerprint density at radius 3 is 2.89 bits per heavy atom. The van der Waals surface area contributed by atoms with Crippen molar-refractivity contribution in [1.29, 1.82) is 0 Å². The zero-order valence-corrected chi connectivity index (χ0v) is 10.8. The molecule has 0 N–H and O–H groups in total. The topological polar surface area (TPSA) is 74.8 Å². The fourth-order valence-corrected chi connectivity index (χ4v) is 1.76. The van der Waals surface area contributed by atoms with Crippen molar-refractivity contribution in [3.63, 3.8) is 0 Å². The number of aromatic nitrogens is 5. The molecule has 0 saturated carbocycles. The summed E-state index contributed by atoms with van der Waals surface area (Å²) >= 11 is 5.76. The molecule has 0 fully saturated rings. The van der Waals surface area contributed by atoms with E-state index in [2.05, 4.69) is 15.1 Å². The maximum absolute atomic E-state index is 12.0. The van der Waals surface area contributed by atoms with Gasteiger partial charge in [-0.05, 0) is 6.92 Å². The van der Waals surface area contributed by atoms with Crippen molar-refractivity contribution in [1.82, 2.24) is 24.3 Å². The van der Waals surface area contributed by atoms with E-state index in [1.54, 1.807) is 4.68 Å². The summed E-state index contributed by atoms with van der Waals surface area (Å²) in [5.74, 6) is 0.701. The van der Waals surface area contributed by atoms with Crippen LogP contribution in [0.4, 0.5) is 0 Å². The second-order valence-electron chi connectivity index (χ2n) is 3.49. The molecule has 0 radical (unpaired) electrons. The average Bonchev–Trinajstić information content (AvgIpc) is 2.81. The van der Waals surface area contributed by atoms with Crippen molar-refractivity contribution in [3.05, 3.63) is 34.0 Å². The lowest BCUT2D eigenvalue weighted by Crippen LogP contribution is -2.24. The first-order chi connectivity index (χ1) is 8.67. The van der Waals surface area contributed by atoms with Crippen molar-refractivity contribution < 1.29 is 4.74 Å². The molecule has 2 aromatic rings. The van der Waals surface area contributed by atoms with Gasteiger partial charge in [-0.3, -0.25) is 9.36 Å². The first kappa shape index (κ1) is 12.6. The summed E-state index contributed by atoms with van der Waals surface area (Å²) in [4.78, 5) is 20.0. The van der Waals surface area contributed by atoms with Gasteiger partial charge in [-0.2, -0.15) is 5.10 Å². The number of nitrogens with zero attached hydrogens (tertiary/aromatic N) is 5. The summed E-state index contributed by atoms with van der Waals surface area (Å²) < 4.78 is 8.00. The quantitative estimate of drug-likeness (QED) is 0.759. The normalized spacial score (nSPS) is 10.6. The van der Waals surface area contributed by atoms with Crippen LogP contribution in [0, 0.1) is 0 Å². The SMILES string of the molecule is CCn1ncnc1Cn1cnc(Cl)c(OC)c1=O. The number of ether oxygens (including phenoxy) is 1. The van der Waals surface area contributed by atoms with Crippen LogP contribution in [0.5, 0.6) is 5.75 Å². The third-order valence-corrected chi connectivity index (χ3v) is 2.73. The minimum absolute atomic E-state index is 0.0294. The molecule has 7 nitrogen and oxygen atoms in total. The van der Waals surface area contributed by atoms with Crippen LogP contribution in [0.3, 0.4) is 0 Å². The van der Waals surface area contributed by atoms with Crippen LogP contribution < -0.4 is 10.3 Å². The molecular weight excluding hydrogens is 258 g/mol. The van der Waals surface area contributed by atoms with Gasteiger partial charge >= 0.3 is 0 Å². The van der Waals surface area contributed by atoms with E-state index in [9.17, 15) is 4.79 Å². The predicted octanol–water partition coefficient (Wildman–Crippen LogP) is 0.565. The van der Waals surface area contributed by atoms with Crippen LogP contribution in [0.15, 0.2) is 17.4 Å². The number of hydrogen-bond donors (Lipinski definition) is 0. The number of hydrogen-bond acceptors (Lipinski definition) is 5. The molecule has 2 heterocycles. The zero-order chi connectivity index (χ0) is 13.1. The van der Waals surface area contributed by atoms with E-state index in [1.165, 1.54) is 24.3 Å². The molecule has 2 aromatic heterocycles. The number of aryl methyl sites for hydroxylation is 1. The molecule has 0 spiro atoms. The van der Waals surface area contributed by atoms with Gasteiger partial charge in [0.2, 0.25) is 5.75 Å². The third-order valence-electron chi connectivity index (χ3n) is 2.46. The molecule has 0 bridgehead atoms. The van der Waals surface area contributed by atoms with Crippen LogP contribution in [-0.2, 0) is 13.1 Å². The van der Waals surface area contributed by atoms with Crippen LogP contribution in [0.25, 0.3) is 0 Å². The van der Waals surface area contributed by atoms with Crippen molar-refractivity contribution in [2.75, 3.05) is 7.11 Å². The Balaban J connectivity index is 2.39. The summed E-state index contributed by atoms with van der Waals surface area (Å²) in [6, 6.07) is 0. The highest BCUT2D eigenvalue weighted by molar-refractivity contribution is 6.30. The van der Waals surface area contributed by atoms with Crippen LogP contribution >= 0.6 is 11.6 Å². The van der Waals surface area contributed by atoms with Crippen LogP contribution in [-0.4, -0.2) is 31.4 Å². The lowest BCUT2D eigenvalue weighted by molar-refractivity contribution is 0.400. The smallest absolute Gasteiger partial charge is 0.297 e. The van der Waals surface area contributed by atoms with Gasteiger partial charge in [0.25, 0.3) is 5.56 Å². The fourth-order valence-electron chi connectivity index (χ4n) is 1.56. The fraction of sp³-hybridized carbons (Fsp3) is 0.400. The van der Waals surface area contributed by atoms with Crippen molar-refractivity contribution in [2.24, 2.45) is 0 Å². The predicted molar refractivity (Wildman–Crippen MR) is 64.9 cm³/mol. The van der Waals surface area contributed by atoms with Gasteiger partial charge in [0.1, 0.15) is 12.2 Å². The highest BCUT2D eigenvalue weighted by Crippen LogP contribution is 2.14. The van der Waals surface area contributed by atoms with E-state index >= 15 is 0 Å². The van der Waals surface area contributed by atoms with E-state index in [-0.39, 0.29) is 23.0 Å². The molecule has 0 atom stereocenters. The van der Waals surface area contributed by atoms with Crippen molar-refractivity contribution >= 4 is 11.6 Å². The van der Waals surface area contributed by atoms with Gasteiger partial charge < -0.3 is 4.74 Å². The minimum atomic E-state index is -0.344. The van der Waals surface area contributed by atoms with E-state index in [0.717, 1.165) is 0 Å². The maximum atomic E-state index is 12.0. The molecule has 0 aliphatic carbocycles. The molecular formula is C10H12ClN5O2. The Morgan fingerprint density at radius 1 is 1.44 bits per heavy atom. The summed E-state index contributed by atoms with van der Waals surface area (Å²) in [5.41, 5.74) is -0.344. The second kappa shape index (κ2) is 5.18. The van der Waals surface area contributed by atoms with Gasteiger partial charge in [-0.25, -0.2) is 14.6 Å². The highest BCUT2D eigenvalue weighted by atomic mass is 35.5. The number of halogens is 1. The molecule has 8 heteroatoms. The lowest BCUT2D eigenvalue weighted by Gasteiger charge is -2.08. The first-order valence-corrected chi connectivity index (χ1v) is 5.70. The Kier molecular flexibility index (Phi) is 3.61. The maximum Gasteiger partial charge on any atom is 0.297 e. The Hall–Kier alpha value is -1.89. The lowest BCUT2D eigenvalue weighted by atomic mass is 10.5. The molecule has 18 heavy (non-hydrogen) atoms. The second-order valence-corrected chi connectivity index (χ2v) is 3.85. The highest BCUT2D eigenvalue weighted by Gasteiger charge is 2.12. The molecule has 2 rings (SSSR count). The van der Waals surface area contributed by atoms with Gasteiger partial charge in [-0.15, -0.1) is 0 Å². The Morgan fingerprint density at radius 2 is 2.22 bits per heavy atom. The van der Waals surface area contributed by atoms with Gasteiger partial charge in [-0.1, -0.05) is 11.6 Å². The van der Waals surface area contributed by atoms with E-state index in [4.69, 9.17) is 16.3 Å². The summed E-state index contributed by atoms with van der Waals surface area (Å²) in [5, 5.41) is 4.08. The van der Waals surface area contributed by atoms with E-state index in [1.807, 2.05) is 6.92 Å². The van der Waals surface area contributed by atoms with Gasteiger partial charge in [0, 0.05) is 6.54 Å². The minimum Gasteiger partial charge on any atom is -0.489 e. The molecule has 0 aliphatic heterocycles. The number of rotatable bonds is 4. The Labute approximate surface area is 108 Å². The summed E-state index contributed by atoms with van der Waals surface area (Å²) in [6.45, 7) is 2.90. The molecule has 0 aliphatic rings. The van der Waals surface area contributed by atoms with Crippen LogP contribution in [0.2, 0.25) is 5.15 Å². The largest absolute Gasteiger partial charge is 0.489 e. The van der Waals surface area contributed by atoms with E-state index < -0.39 is 0 Å². The van der Waals surface area contributed by atoms with E-state index in [0.29, 0.717) is 12.4 Å². The summed E-state index contributed by atoms with van der Waals surface area (Å²) in [6.07, 6.45) is 2.81. The average molecular weight is 270 g/mol. The molecule has 0 aromatic carbocycles. The van der Waals surface area contributed by atoms with Gasteiger partial charge in [0.15, 0.2) is 5.15 Å². The first-order valence-electron chi connectivity index (χ1n) is 5.33. The zero-order valence-electron chi connectivity index (χ0n) is 10.00. The van der Waals surface area contributed by atoms with Gasteiger partial charge in [0.05, 0.1) is 20.0 Å². The van der Waals surface area contributed by atoms with Crippen molar-refractivity contribution in [3.8, 4) is 5.75 Å². The van der Waals surface area contributed by atoms with Crippen LogP contribution in [0.1, 0.15) is 12.7 Å². The standard InChI is InChI=1S/C10H12ClN5O2/c1-3-16-7(12-5-14-16)4-15-6-13-9(11)8(18-2)10(15)17/h5-6H,3-4H2,1-2H3. The monoisotopic (exact) mass is 269 g/mol. The summed E-state index contributed by atoms with van der Waals surface area (Å²) in [7, 11) is 1.38. The van der Waals surface area contributed by atoms with Crippen molar-refractivity contribution in [2.45, 2.75) is 20.0 Å².